The second kappa shape index (κ2) is 7.60. The molecule has 21 heavy (non-hydrogen) atoms. The molecule has 0 radical (unpaired) electrons. The molecule has 6 nitrogen and oxygen atoms in total. The van der Waals surface area contributed by atoms with Gasteiger partial charge in [-0.25, -0.2) is 9.78 Å². The van der Waals surface area contributed by atoms with E-state index >= 15 is 0 Å². The molecule has 1 aliphatic rings. The summed E-state index contributed by atoms with van der Waals surface area (Å²) in [6.45, 7) is 4.37. The van der Waals surface area contributed by atoms with Crippen LogP contribution in [0.15, 0.2) is 18.3 Å². The number of esters is 1. The van der Waals surface area contributed by atoms with E-state index in [-0.39, 0.29) is 12.0 Å². The third-order valence-corrected chi connectivity index (χ3v) is 3.53. The maximum atomic E-state index is 11.9. The standard InChI is InChI=1S/C15H20N4O2/c1-2-21-15(20)13-4-3-8-17-14(13)18-12-5-9-19(10-6-12)11-7-16/h3-4,8,12H,2,5-6,9-11H2,1H3,(H,17,18). The first-order valence-electron chi connectivity index (χ1n) is 7.22. The van der Waals surface area contributed by atoms with Gasteiger partial charge in [-0.05, 0) is 31.9 Å². The van der Waals surface area contributed by atoms with Crippen molar-refractivity contribution in [2.75, 3.05) is 31.6 Å². The number of rotatable bonds is 5. The fraction of sp³-hybridized carbons (Fsp3) is 0.533. The number of piperidine rings is 1. The predicted octanol–water partition coefficient (Wildman–Crippen LogP) is 1.66. The average molecular weight is 288 g/mol. The minimum atomic E-state index is -0.352. The highest BCUT2D eigenvalue weighted by atomic mass is 16.5. The normalized spacial score (nSPS) is 16.2. The summed E-state index contributed by atoms with van der Waals surface area (Å²) in [6, 6.07) is 5.89. The molecule has 2 rings (SSSR count). The van der Waals surface area contributed by atoms with Gasteiger partial charge in [-0.2, -0.15) is 5.26 Å². The Balaban J connectivity index is 1.98. The Morgan fingerprint density at radius 1 is 1.57 bits per heavy atom. The Morgan fingerprint density at radius 2 is 2.33 bits per heavy atom. The molecule has 1 fully saturated rings. The fourth-order valence-corrected chi connectivity index (χ4v) is 2.42. The third kappa shape index (κ3) is 4.17. The molecule has 112 valence electrons. The topological polar surface area (TPSA) is 78.2 Å². The Morgan fingerprint density at radius 3 is 3.00 bits per heavy atom. The van der Waals surface area contributed by atoms with Gasteiger partial charge in [0.05, 0.1) is 19.2 Å². The Kier molecular flexibility index (Phi) is 5.52. The van der Waals surface area contributed by atoms with Crippen LogP contribution < -0.4 is 5.32 Å². The molecule has 1 saturated heterocycles. The van der Waals surface area contributed by atoms with Crippen LogP contribution in [0.3, 0.4) is 0 Å². The number of likely N-dealkylation sites (tertiary alicyclic amines) is 1. The van der Waals surface area contributed by atoms with Crippen LogP contribution in [0.4, 0.5) is 5.82 Å². The number of hydrogen-bond donors (Lipinski definition) is 1. The molecule has 1 aliphatic heterocycles. The van der Waals surface area contributed by atoms with Crippen molar-refractivity contribution in [3.8, 4) is 6.07 Å². The van der Waals surface area contributed by atoms with Crippen LogP contribution in [0.1, 0.15) is 30.1 Å². The lowest BCUT2D eigenvalue weighted by molar-refractivity contribution is 0.0527. The van der Waals surface area contributed by atoms with Crippen LogP contribution >= 0.6 is 0 Å². The molecule has 2 heterocycles. The van der Waals surface area contributed by atoms with Crippen LogP contribution in [0.25, 0.3) is 0 Å². The zero-order valence-corrected chi connectivity index (χ0v) is 12.2. The average Bonchev–Trinajstić information content (AvgIpc) is 2.50. The summed E-state index contributed by atoms with van der Waals surface area (Å²) in [7, 11) is 0. The molecule has 6 heteroatoms. The van der Waals surface area contributed by atoms with Crippen LogP contribution in [-0.4, -0.2) is 48.1 Å². The molecule has 0 atom stereocenters. The minimum absolute atomic E-state index is 0.267. The summed E-state index contributed by atoms with van der Waals surface area (Å²) >= 11 is 0. The summed E-state index contributed by atoms with van der Waals surface area (Å²) < 4.78 is 5.04. The van der Waals surface area contributed by atoms with E-state index in [9.17, 15) is 4.79 Å². The summed E-state index contributed by atoms with van der Waals surface area (Å²) in [5.41, 5.74) is 0.471. The van der Waals surface area contributed by atoms with Crippen LogP contribution in [0.5, 0.6) is 0 Å². The number of nitrogens with zero attached hydrogens (tertiary/aromatic N) is 3. The van der Waals surface area contributed by atoms with E-state index in [1.807, 2.05) is 0 Å². The predicted molar refractivity (Wildman–Crippen MR) is 78.9 cm³/mol. The van der Waals surface area contributed by atoms with Gasteiger partial charge in [0.15, 0.2) is 0 Å². The number of carbonyl (C=O) groups excluding carboxylic acids is 1. The largest absolute Gasteiger partial charge is 0.462 e. The SMILES string of the molecule is CCOC(=O)c1cccnc1NC1CCN(CC#N)CC1. The Hall–Kier alpha value is -2.13. The van der Waals surface area contributed by atoms with E-state index in [0.717, 1.165) is 25.9 Å². The van der Waals surface area contributed by atoms with Crippen molar-refractivity contribution < 1.29 is 9.53 Å². The molecule has 0 aromatic carbocycles. The van der Waals surface area contributed by atoms with Crippen LogP contribution in [0.2, 0.25) is 0 Å². The zero-order chi connectivity index (χ0) is 15.1. The Labute approximate surface area is 124 Å². The van der Waals surface area contributed by atoms with Gasteiger partial charge in [0, 0.05) is 25.3 Å². The molecule has 0 saturated carbocycles. The molecule has 1 N–H and O–H groups in total. The number of carbonyl (C=O) groups is 1. The van der Waals surface area contributed by atoms with E-state index in [2.05, 4.69) is 21.3 Å². The highest BCUT2D eigenvalue weighted by Gasteiger charge is 2.21. The van der Waals surface area contributed by atoms with E-state index in [0.29, 0.717) is 24.5 Å². The molecule has 1 aromatic heterocycles. The molecular formula is C15H20N4O2. The van der Waals surface area contributed by atoms with Crippen molar-refractivity contribution in [2.24, 2.45) is 0 Å². The number of pyridine rings is 1. The van der Waals surface area contributed by atoms with Crippen molar-refractivity contribution >= 4 is 11.8 Å². The number of anilines is 1. The second-order valence-electron chi connectivity index (χ2n) is 4.97. The van der Waals surface area contributed by atoms with Gasteiger partial charge >= 0.3 is 5.97 Å². The number of hydrogen-bond acceptors (Lipinski definition) is 6. The molecule has 0 spiro atoms. The first-order valence-corrected chi connectivity index (χ1v) is 7.22. The maximum Gasteiger partial charge on any atom is 0.341 e. The lowest BCUT2D eigenvalue weighted by atomic mass is 10.0. The van der Waals surface area contributed by atoms with Gasteiger partial charge in [0.1, 0.15) is 11.4 Å². The van der Waals surface area contributed by atoms with Gasteiger partial charge in [0.2, 0.25) is 0 Å². The van der Waals surface area contributed by atoms with Crippen LogP contribution in [0, 0.1) is 11.3 Å². The molecule has 1 aromatic rings. The summed E-state index contributed by atoms with van der Waals surface area (Å²) in [5.74, 6) is 0.227. The summed E-state index contributed by atoms with van der Waals surface area (Å²) in [5, 5.41) is 12.0. The zero-order valence-electron chi connectivity index (χ0n) is 12.2. The van der Waals surface area contributed by atoms with Crippen molar-refractivity contribution in [1.29, 1.82) is 5.26 Å². The molecular weight excluding hydrogens is 268 g/mol. The van der Waals surface area contributed by atoms with Gasteiger partial charge in [-0.1, -0.05) is 0 Å². The van der Waals surface area contributed by atoms with E-state index in [4.69, 9.17) is 10.00 Å². The lowest BCUT2D eigenvalue weighted by Gasteiger charge is -2.31. The lowest BCUT2D eigenvalue weighted by Crippen LogP contribution is -2.39. The number of aromatic nitrogens is 1. The van der Waals surface area contributed by atoms with Crippen molar-refractivity contribution in [3.63, 3.8) is 0 Å². The summed E-state index contributed by atoms with van der Waals surface area (Å²) in [6.07, 6.45) is 3.52. The highest BCUT2D eigenvalue weighted by Crippen LogP contribution is 2.18. The molecule has 0 amide bonds. The monoisotopic (exact) mass is 288 g/mol. The highest BCUT2D eigenvalue weighted by molar-refractivity contribution is 5.94. The maximum absolute atomic E-state index is 11.9. The third-order valence-electron chi connectivity index (χ3n) is 3.53. The van der Waals surface area contributed by atoms with E-state index < -0.39 is 0 Å². The summed E-state index contributed by atoms with van der Waals surface area (Å²) in [4.78, 5) is 18.3. The number of nitrogens with one attached hydrogen (secondary N) is 1. The number of ether oxygens (including phenoxy) is 1. The second-order valence-corrected chi connectivity index (χ2v) is 4.97. The molecule has 0 unspecified atom stereocenters. The Bertz CT molecular complexity index is 519. The van der Waals surface area contributed by atoms with Crippen molar-refractivity contribution in [3.05, 3.63) is 23.9 Å². The van der Waals surface area contributed by atoms with E-state index in [1.165, 1.54) is 0 Å². The van der Waals surface area contributed by atoms with Crippen LogP contribution in [-0.2, 0) is 4.74 Å². The van der Waals surface area contributed by atoms with Gasteiger partial charge < -0.3 is 10.1 Å². The van der Waals surface area contributed by atoms with Gasteiger partial charge in [-0.3, -0.25) is 4.90 Å². The fourth-order valence-electron chi connectivity index (χ4n) is 2.42. The van der Waals surface area contributed by atoms with E-state index in [1.54, 1.807) is 25.3 Å². The first-order chi connectivity index (χ1) is 10.2. The van der Waals surface area contributed by atoms with Crippen molar-refractivity contribution in [1.82, 2.24) is 9.88 Å². The van der Waals surface area contributed by atoms with Gasteiger partial charge in [-0.15, -0.1) is 0 Å². The van der Waals surface area contributed by atoms with Crippen molar-refractivity contribution in [2.45, 2.75) is 25.8 Å². The minimum Gasteiger partial charge on any atom is -0.462 e. The smallest absolute Gasteiger partial charge is 0.341 e. The quantitative estimate of drug-likeness (QED) is 0.656. The van der Waals surface area contributed by atoms with Gasteiger partial charge in [0.25, 0.3) is 0 Å². The first kappa shape index (κ1) is 15.3. The molecule has 0 aliphatic carbocycles. The molecule has 0 bridgehead atoms. The number of nitriles is 1.